The van der Waals surface area contributed by atoms with Gasteiger partial charge in [0.15, 0.2) is 0 Å². The van der Waals surface area contributed by atoms with Crippen LogP contribution in [0.4, 0.5) is 0 Å². The molecule has 2 aromatic carbocycles. The van der Waals surface area contributed by atoms with Crippen LogP contribution in [0.3, 0.4) is 0 Å². The van der Waals surface area contributed by atoms with Crippen molar-refractivity contribution in [2.75, 3.05) is 13.1 Å². The summed E-state index contributed by atoms with van der Waals surface area (Å²) in [6.07, 6.45) is 1.57. The van der Waals surface area contributed by atoms with E-state index in [1.165, 1.54) is 11.3 Å². The van der Waals surface area contributed by atoms with E-state index < -0.39 is 0 Å². The standard InChI is InChI=1S/C23H22N2O2S/c26-22(21-7-4-16-28-21)24-20-12-14-25(15-13-20)23(27)19-10-8-18(9-11-19)17-5-2-1-3-6-17/h1-11,16,20H,12-15H2,(H,24,26). The molecule has 0 bridgehead atoms. The summed E-state index contributed by atoms with van der Waals surface area (Å²) in [6, 6.07) is 21.8. The van der Waals surface area contributed by atoms with E-state index in [0.29, 0.717) is 18.7 Å². The van der Waals surface area contributed by atoms with Crippen LogP contribution in [0.2, 0.25) is 0 Å². The summed E-state index contributed by atoms with van der Waals surface area (Å²) < 4.78 is 0. The van der Waals surface area contributed by atoms with Crippen LogP contribution in [0.15, 0.2) is 72.1 Å². The maximum Gasteiger partial charge on any atom is 0.261 e. The van der Waals surface area contributed by atoms with E-state index in [9.17, 15) is 9.59 Å². The minimum Gasteiger partial charge on any atom is -0.348 e. The molecule has 1 aliphatic rings. The van der Waals surface area contributed by atoms with Gasteiger partial charge in [0.2, 0.25) is 0 Å². The minimum atomic E-state index is -0.0173. The lowest BCUT2D eigenvalue weighted by Gasteiger charge is -2.32. The SMILES string of the molecule is O=C(NC1CCN(C(=O)c2ccc(-c3ccccc3)cc2)CC1)c1cccs1. The Hall–Kier alpha value is -2.92. The fourth-order valence-electron chi connectivity index (χ4n) is 3.51. The molecule has 0 saturated carbocycles. The number of hydrogen-bond acceptors (Lipinski definition) is 3. The monoisotopic (exact) mass is 390 g/mol. The number of nitrogens with one attached hydrogen (secondary N) is 1. The predicted octanol–water partition coefficient (Wildman–Crippen LogP) is 4.45. The molecule has 5 heteroatoms. The quantitative estimate of drug-likeness (QED) is 0.715. The lowest BCUT2D eigenvalue weighted by atomic mass is 10.0. The second kappa shape index (κ2) is 8.40. The Morgan fingerprint density at radius 3 is 2.18 bits per heavy atom. The first-order chi connectivity index (χ1) is 13.7. The van der Waals surface area contributed by atoms with Gasteiger partial charge in [-0.05, 0) is 47.5 Å². The molecule has 4 nitrogen and oxygen atoms in total. The molecule has 28 heavy (non-hydrogen) atoms. The van der Waals surface area contributed by atoms with Crippen molar-refractivity contribution < 1.29 is 9.59 Å². The average molecular weight is 391 g/mol. The van der Waals surface area contributed by atoms with Crippen LogP contribution in [-0.4, -0.2) is 35.8 Å². The van der Waals surface area contributed by atoms with Crippen molar-refractivity contribution in [3.05, 3.63) is 82.6 Å². The van der Waals surface area contributed by atoms with Gasteiger partial charge in [-0.3, -0.25) is 9.59 Å². The Morgan fingerprint density at radius 1 is 0.857 bits per heavy atom. The zero-order valence-electron chi connectivity index (χ0n) is 15.5. The molecule has 0 unspecified atom stereocenters. The molecule has 142 valence electrons. The van der Waals surface area contributed by atoms with Crippen molar-refractivity contribution in [2.24, 2.45) is 0 Å². The number of nitrogens with zero attached hydrogens (tertiary/aromatic N) is 1. The summed E-state index contributed by atoms with van der Waals surface area (Å²) in [4.78, 5) is 27.6. The molecule has 1 saturated heterocycles. The third-order valence-electron chi connectivity index (χ3n) is 5.10. The van der Waals surface area contributed by atoms with Crippen molar-refractivity contribution in [3.63, 3.8) is 0 Å². The summed E-state index contributed by atoms with van der Waals surface area (Å²) in [7, 11) is 0. The predicted molar refractivity (Wildman–Crippen MR) is 113 cm³/mol. The highest BCUT2D eigenvalue weighted by Crippen LogP contribution is 2.21. The van der Waals surface area contributed by atoms with E-state index in [4.69, 9.17) is 0 Å². The van der Waals surface area contributed by atoms with Crippen molar-refractivity contribution >= 4 is 23.2 Å². The first kappa shape index (κ1) is 18.4. The number of hydrogen-bond donors (Lipinski definition) is 1. The Morgan fingerprint density at radius 2 is 1.54 bits per heavy atom. The lowest BCUT2D eigenvalue weighted by molar-refractivity contribution is 0.0698. The smallest absolute Gasteiger partial charge is 0.261 e. The van der Waals surface area contributed by atoms with E-state index in [1.807, 2.05) is 64.9 Å². The first-order valence-corrected chi connectivity index (χ1v) is 10.4. The topological polar surface area (TPSA) is 49.4 Å². The molecular formula is C23H22N2O2S. The average Bonchev–Trinajstić information content (AvgIpc) is 3.30. The van der Waals surface area contributed by atoms with Gasteiger partial charge in [-0.15, -0.1) is 11.3 Å². The van der Waals surface area contributed by atoms with E-state index in [0.717, 1.165) is 28.8 Å². The Bertz CT molecular complexity index is 929. The van der Waals surface area contributed by atoms with Gasteiger partial charge in [-0.25, -0.2) is 0 Å². The number of thiophene rings is 1. The van der Waals surface area contributed by atoms with Gasteiger partial charge >= 0.3 is 0 Å². The normalized spacial score (nSPS) is 14.6. The van der Waals surface area contributed by atoms with Crippen LogP contribution in [0, 0.1) is 0 Å². The third-order valence-corrected chi connectivity index (χ3v) is 5.97. The van der Waals surface area contributed by atoms with Crippen LogP contribution < -0.4 is 5.32 Å². The molecule has 1 aromatic heterocycles. The number of carbonyl (C=O) groups excluding carboxylic acids is 2. The molecule has 0 atom stereocenters. The van der Waals surface area contributed by atoms with Gasteiger partial charge in [-0.2, -0.15) is 0 Å². The second-order valence-corrected chi connectivity index (χ2v) is 7.91. The molecule has 1 fully saturated rings. The van der Waals surface area contributed by atoms with Crippen molar-refractivity contribution in [3.8, 4) is 11.1 Å². The van der Waals surface area contributed by atoms with Gasteiger partial charge in [0.05, 0.1) is 4.88 Å². The summed E-state index contributed by atoms with van der Waals surface area (Å²) in [5, 5.41) is 4.98. The van der Waals surface area contributed by atoms with Gasteiger partial charge in [0.1, 0.15) is 0 Å². The maximum atomic E-state index is 12.8. The molecule has 2 amide bonds. The Labute approximate surface area is 168 Å². The van der Waals surface area contributed by atoms with Gasteiger partial charge in [0, 0.05) is 24.7 Å². The fourth-order valence-corrected chi connectivity index (χ4v) is 4.14. The Balaban J connectivity index is 1.33. The lowest BCUT2D eigenvalue weighted by Crippen LogP contribution is -2.46. The number of benzene rings is 2. The molecule has 4 rings (SSSR count). The zero-order chi connectivity index (χ0) is 19.3. The molecule has 3 aromatic rings. The van der Waals surface area contributed by atoms with E-state index in [2.05, 4.69) is 17.4 Å². The highest BCUT2D eigenvalue weighted by atomic mass is 32.1. The van der Waals surface area contributed by atoms with Crippen LogP contribution >= 0.6 is 11.3 Å². The maximum absolute atomic E-state index is 12.8. The van der Waals surface area contributed by atoms with Crippen LogP contribution in [0.1, 0.15) is 32.9 Å². The number of piperidine rings is 1. The van der Waals surface area contributed by atoms with Crippen molar-refractivity contribution in [1.29, 1.82) is 0 Å². The van der Waals surface area contributed by atoms with E-state index in [-0.39, 0.29) is 17.9 Å². The summed E-state index contributed by atoms with van der Waals surface area (Å²) in [5.74, 6) is 0.0407. The zero-order valence-corrected chi connectivity index (χ0v) is 16.3. The Kier molecular flexibility index (Phi) is 5.53. The molecule has 0 aliphatic carbocycles. The number of carbonyl (C=O) groups is 2. The van der Waals surface area contributed by atoms with E-state index >= 15 is 0 Å². The van der Waals surface area contributed by atoms with Gasteiger partial charge < -0.3 is 10.2 Å². The second-order valence-electron chi connectivity index (χ2n) is 6.96. The van der Waals surface area contributed by atoms with Gasteiger partial charge in [0.25, 0.3) is 11.8 Å². The summed E-state index contributed by atoms with van der Waals surface area (Å²) in [5.41, 5.74) is 2.96. The fraction of sp³-hybridized carbons (Fsp3) is 0.217. The number of rotatable bonds is 4. The molecule has 0 radical (unpaired) electrons. The minimum absolute atomic E-state index is 0.0173. The highest BCUT2D eigenvalue weighted by Gasteiger charge is 2.25. The molecule has 0 spiro atoms. The van der Waals surface area contributed by atoms with Crippen LogP contribution in [-0.2, 0) is 0 Å². The van der Waals surface area contributed by atoms with Crippen molar-refractivity contribution in [2.45, 2.75) is 18.9 Å². The van der Waals surface area contributed by atoms with Crippen LogP contribution in [0.25, 0.3) is 11.1 Å². The summed E-state index contributed by atoms with van der Waals surface area (Å²) >= 11 is 1.45. The molecular weight excluding hydrogens is 368 g/mol. The third kappa shape index (κ3) is 4.15. The van der Waals surface area contributed by atoms with Crippen molar-refractivity contribution in [1.82, 2.24) is 10.2 Å². The molecule has 2 heterocycles. The summed E-state index contributed by atoms with van der Waals surface area (Å²) in [6.45, 7) is 1.32. The highest BCUT2D eigenvalue weighted by molar-refractivity contribution is 7.12. The van der Waals surface area contributed by atoms with Gasteiger partial charge in [-0.1, -0.05) is 48.5 Å². The first-order valence-electron chi connectivity index (χ1n) is 9.50. The van der Waals surface area contributed by atoms with Crippen LogP contribution in [0.5, 0.6) is 0 Å². The number of likely N-dealkylation sites (tertiary alicyclic amines) is 1. The van der Waals surface area contributed by atoms with E-state index in [1.54, 1.807) is 0 Å². The molecule has 1 aliphatic heterocycles. The number of amides is 2. The largest absolute Gasteiger partial charge is 0.348 e. The molecule has 1 N–H and O–H groups in total.